The van der Waals surface area contributed by atoms with Crippen molar-refractivity contribution in [2.45, 2.75) is 31.2 Å². The Morgan fingerprint density at radius 2 is 2.05 bits per heavy atom. The van der Waals surface area contributed by atoms with Crippen molar-refractivity contribution in [2.75, 3.05) is 13.7 Å². The highest BCUT2D eigenvalue weighted by Gasteiger charge is 2.33. The fourth-order valence-corrected chi connectivity index (χ4v) is 3.48. The van der Waals surface area contributed by atoms with Gasteiger partial charge in [0.05, 0.1) is 7.11 Å². The maximum Gasteiger partial charge on any atom is 0.244 e. The summed E-state index contributed by atoms with van der Waals surface area (Å²) in [6, 6.07) is 4.39. The molecule has 114 valence electrons. The Morgan fingerprint density at radius 3 is 2.50 bits per heavy atom. The molecule has 0 saturated heterocycles. The molecule has 0 bridgehead atoms. The van der Waals surface area contributed by atoms with Crippen LogP contribution in [-0.4, -0.2) is 27.6 Å². The van der Waals surface area contributed by atoms with E-state index in [0.29, 0.717) is 5.02 Å². The molecule has 5 nitrogen and oxygen atoms in total. The number of nitrogens with one attached hydrogen (secondary N) is 1. The minimum Gasteiger partial charge on any atom is -0.495 e. The van der Waals surface area contributed by atoms with Gasteiger partial charge in [-0.1, -0.05) is 25.4 Å². The van der Waals surface area contributed by atoms with Gasteiger partial charge in [0, 0.05) is 23.2 Å². The Morgan fingerprint density at radius 1 is 1.45 bits per heavy atom. The SMILES string of the molecule is COc1cc(Cl)ccc1S(=O)(=O)NC(C)(CN)C(C)C. The molecule has 3 N–H and O–H groups in total. The van der Waals surface area contributed by atoms with Gasteiger partial charge in [-0.15, -0.1) is 0 Å². The number of nitrogens with two attached hydrogens (primary N) is 1. The van der Waals surface area contributed by atoms with Crippen LogP contribution in [0, 0.1) is 5.92 Å². The van der Waals surface area contributed by atoms with Crippen LogP contribution in [0.15, 0.2) is 23.1 Å². The summed E-state index contributed by atoms with van der Waals surface area (Å²) in [5.74, 6) is 0.244. The highest BCUT2D eigenvalue weighted by molar-refractivity contribution is 7.89. The predicted octanol–water partition coefficient (Wildman–Crippen LogP) is 2.00. The lowest BCUT2D eigenvalue weighted by atomic mass is 9.90. The second-order valence-electron chi connectivity index (χ2n) is 5.18. The maximum absolute atomic E-state index is 12.5. The number of benzene rings is 1. The van der Waals surface area contributed by atoms with Crippen molar-refractivity contribution in [3.8, 4) is 5.75 Å². The van der Waals surface area contributed by atoms with Crippen molar-refractivity contribution in [1.82, 2.24) is 4.72 Å². The highest BCUT2D eigenvalue weighted by atomic mass is 35.5. The largest absolute Gasteiger partial charge is 0.495 e. The van der Waals surface area contributed by atoms with Gasteiger partial charge in [0.25, 0.3) is 0 Å². The van der Waals surface area contributed by atoms with Gasteiger partial charge in [0.1, 0.15) is 10.6 Å². The van der Waals surface area contributed by atoms with Crippen LogP contribution in [0.5, 0.6) is 5.75 Å². The first kappa shape index (κ1) is 17.2. The lowest BCUT2D eigenvalue weighted by Gasteiger charge is -2.33. The Bertz CT molecular complexity index is 575. The summed E-state index contributed by atoms with van der Waals surface area (Å²) in [5.41, 5.74) is 4.98. The minimum absolute atomic E-state index is 0.0422. The molecule has 0 aliphatic rings. The summed E-state index contributed by atoms with van der Waals surface area (Å²) in [5, 5.41) is 0.409. The van der Waals surface area contributed by atoms with E-state index in [4.69, 9.17) is 22.1 Å². The molecule has 0 aliphatic carbocycles. The fourth-order valence-electron chi connectivity index (χ4n) is 1.62. The number of ether oxygens (including phenoxy) is 1. The van der Waals surface area contributed by atoms with Gasteiger partial charge in [-0.3, -0.25) is 0 Å². The molecule has 0 heterocycles. The van der Waals surface area contributed by atoms with E-state index in [2.05, 4.69) is 4.72 Å². The molecular weight excluding hydrogens is 300 g/mol. The molecule has 1 aromatic rings. The van der Waals surface area contributed by atoms with Gasteiger partial charge in [-0.25, -0.2) is 13.1 Å². The van der Waals surface area contributed by atoms with Crippen LogP contribution in [0.1, 0.15) is 20.8 Å². The zero-order valence-corrected chi connectivity index (χ0v) is 13.7. The number of rotatable bonds is 6. The smallest absolute Gasteiger partial charge is 0.244 e. The Kier molecular flexibility index (Phi) is 5.43. The third kappa shape index (κ3) is 3.63. The lowest BCUT2D eigenvalue weighted by molar-refractivity contribution is 0.314. The third-order valence-electron chi connectivity index (χ3n) is 3.48. The van der Waals surface area contributed by atoms with E-state index < -0.39 is 15.6 Å². The first-order valence-electron chi connectivity index (χ1n) is 6.24. The van der Waals surface area contributed by atoms with Crippen molar-refractivity contribution in [3.63, 3.8) is 0 Å². The molecule has 7 heteroatoms. The van der Waals surface area contributed by atoms with E-state index in [1.165, 1.54) is 25.3 Å². The van der Waals surface area contributed by atoms with Crippen LogP contribution in [0.25, 0.3) is 0 Å². The first-order valence-corrected chi connectivity index (χ1v) is 8.10. The average Bonchev–Trinajstić information content (AvgIpc) is 2.37. The number of hydrogen-bond donors (Lipinski definition) is 2. The normalized spacial score (nSPS) is 15.2. The molecule has 0 fully saturated rings. The fraction of sp³-hybridized carbons (Fsp3) is 0.538. The lowest BCUT2D eigenvalue weighted by Crippen LogP contribution is -2.54. The molecule has 0 aromatic heterocycles. The van der Waals surface area contributed by atoms with E-state index in [1.54, 1.807) is 6.92 Å². The molecule has 1 unspecified atom stereocenters. The molecule has 0 aliphatic heterocycles. The van der Waals surface area contributed by atoms with Crippen molar-refractivity contribution in [2.24, 2.45) is 11.7 Å². The molecule has 1 rings (SSSR count). The number of hydrogen-bond acceptors (Lipinski definition) is 4. The molecule has 1 aromatic carbocycles. The van der Waals surface area contributed by atoms with Crippen molar-refractivity contribution in [3.05, 3.63) is 23.2 Å². The van der Waals surface area contributed by atoms with Crippen molar-refractivity contribution in [1.29, 1.82) is 0 Å². The second-order valence-corrected chi connectivity index (χ2v) is 7.26. The van der Waals surface area contributed by atoms with E-state index in [1.807, 2.05) is 13.8 Å². The van der Waals surface area contributed by atoms with E-state index in [9.17, 15) is 8.42 Å². The zero-order chi connectivity index (χ0) is 15.6. The topological polar surface area (TPSA) is 81.4 Å². The molecule has 0 amide bonds. The molecular formula is C13H21ClN2O3S. The maximum atomic E-state index is 12.5. The Labute approximate surface area is 125 Å². The second kappa shape index (κ2) is 6.30. The molecule has 0 saturated carbocycles. The molecule has 0 radical (unpaired) electrons. The summed E-state index contributed by atoms with van der Waals surface area (Å²) in [7, 11) is -2.35. The van der Waals surface area contributed by atoms with Gasteiger partial charge >= 0.3 is 0 Å². The van der Waals surface area contributed by atoms with E-state index in [-0.39, 0.29) is 23.1 Å². The number of halogens is 1. The Hall–Kier alpha value is -0.820. The summed E-state index contributed by atoms with van der Waals surface area (Å²) < 4.78 is 32.8. The van der Waals surface area contributed by atoms with E-state index in [0.717, 1.165) is 0 Å². The zero-order valence-electron chi connectivity index (χ0n) is 12.1. The van der Waals surface area contributed by atoms with Crippen LogP contribution >= 0.6 is 11.6 Å². The van der Waals surface area contributed by atoms with E-state index >= 15 is 0 Å². The van der Waals surface area contributed by atoms with Crippen LogP contribution < -0.4 is 15.2 Å². The highest BCUT2D eigenvalue weighted by Crippen LogP contribution is 2.28. The molecule has 1 atom stereocenters. The van der Waals surface area contributed by atoms with Gasteiger partial charge < -0.3 is 10.5 Å². The van der Waals surface area contributed by atoms with Gasteiger partial charge in [-0.05, 0) is 25.0 Å². The predicted molar refractivity (Wildman–Crippen MR) is 80.6 cm³/mol. The van der Waals surface area contributed by atoms with Gasteiger partial charge in [-0.2, -0.15) is 0 Å². The monoisotopic (exact) mass is 320 g/mol. The standard InChI is InChI=1S/C13H21ClN2O3S/c1-9(2)13(3,8-15)16-20(17,18)12-6-5-10(14)7-11(12)19-4/h5-7,9,16H,8,15H2,1-4H3. The molecule has 0 spiro atoms. The van der Waals surface area contributed by atoms with Crippen LogP contribution in [0.2, 0.25) is 5.02 Å². The molecule has 20 heavy (non-hydrogen) atoms. The average molecular weight is 321 g/mol. The number of sulfonamides is 1. The quantitative estimate of drug-likeness (QED) is 0.840. The summed E-state index contributed by atoms with van der Waals surface area (Å²) >= 11 is 5.84. The number of methoxy groups -OCH3 is 1. The van der Waals surface area contributed by atoms with Gasteiger partial charge in [0.15, 0.2) is 0 Å². The van der Waals surface area contributed by atoms with Crippen LogP contribution in [-0.2, 0) is 10.0 Å². The van der Waals surface area contributed by atoms with Crippen LogP contribution in [0.4, 0.5) is 0 Å². The third-order valence-corrected chi connectivity index (χ3v) is 5.37. The summed E-state index contributed by atoms with van der Waals surface area (Å²) in [6.07, 6.45) is 0. The summed E-state index contributed by atoms with van der Waals surface area (Å²) in [6.45, 7) is 5.79. The first-order chi connectivity index (χ1) is 9.16. The Balaban J connectivity index is 3.24. The summed E-state index contributed by atoms with van der Waals surface area (Å²) in [4.78, 5) is 0.0460. The minimum atomic E-state index is -3.75. The van der Waals surface area contributed by atoms with Crippen molar-refractivity contribution < 1.29 is 13.2 Å². The van der Waals surface area contributed by atoms with Crippen molar-refractivity contribution >= 4 is 21.6 Å². The van der Waals surface area contributed by atoms with Gasteiger partial charge in [0.2, 0.25) is 10.0 Å². The van der Waals surface area contributed by atoms with Crippen LogP contribution in [0.3, 0.4) is 0 Å².